The third-order valence-electron chi connectivity index (χ3n) is 4.24. The minimum absolute atomic E-state index is 0.200. The second kappa shape index (κ2) is 7.43. The predicted molar refractivity (Wildman–Crippen MR) is 106 cm³/mol. The molecule has 0 spiro atoms. The van der Waals surface area contributed by atoms with E-state index in [1.165, 1.54) is 0 Å². The quantitative estimate of drug-likeness (QED) is 0.557. The molecule has 0 aliphatic carbocycles. The zero-order valence-corrected chi connectivity index (χ0v) is 15.5. The van der Waals surface area contributed by atoms with Crippen LogP contribution in [0.25, 0.3) is 22.8 Å². The van der Waals surface area contributed by atoms with Crippen molar-refractivity contribution in [1.82, 2.24) is 29.9 Å². The number of H-pyrrole nitrogens is 1. The standard InChI is InChI=1S/C20H19N7O/c1-13(2)27-12-21-26-19(27)15-9-6-10-18(22-15)23-20(28)17-11-16(24-25-17)14-7-4-3-5-8-14/h3-13H,1-2H3,(H,24,25)(H,22,23,28). The molecule has 0 saturated heterocycles. The number of nitrogens with zero attached hydrogens (tertiary/aromatic N) is 5. The van der Waals surface area contributed by atoms with Crippen LogP contribution in [-0.4, -0.2) is 35.9 Å². The Labute approximate surface area is 161 Å². The number of hydrogen-bond donors (Lipinski definition) is 2. The van der Waals surface area contributed by atoms with Gasteiger partial charge in [-0.2, -0.15) is 5.10 Å². The molecule has 1 amide bonds. The number of aromatic nitrogens is 6. The molecule has 4 rings (SSSR count). The summed E-state index contributed by atoms with van der Waals surface area (Å²) in [5, 5.41) is 17.9. The van der Waals surface area contributed by atoms with Gasteiger partial charge in [-0.1, -0.05) is 36.4 Å². The van der Waals surface area contributed by atoms with Crippen molar-refractivity contribution in [2.45, 2.75) is 19.9 Å². The van der Waals surface area contributed by atoms with Crippen LogP contribution >= 0.6 is 0 Å². The first-order valence-electron chi connectivity index (χ1n) is 8.91. The molecular weight excluding hydrogens is 354 g/mol. The summed E-state index contributed by atoms with van der Waals surface area (Å²) in [6, 6.07) is 17.0. The number of aromatic amines is 1. The van der Waals surface area contributed by atoms with Crippen molar-refractivity contribution in [3.05, 3.63) is 66.6 Å². The maximum absolute atomic E-state index is 12.6. The average Bonchev–Trinajstić information content (AvgIpc) is 3.39. The highest BCUT2D eigenvalue weighted by Gasteiger charge is 2.14. The molecule has 8 heteroatoms. The summed E-state index contributed by atoms with van der Waals surface area (Å²) in [4.78, 5) is 17.1. The zero-order chi connectivity index (χ0) is 19.5. The van der Waals surface area contributed by atoms with Crippen LogP contribution in [0.5, 0.6) is 0 Å². The summed E-state index contributed by atoms with van der Waals surface area (Å²) in [5.74, 6) is 0.764. The zero-order valence-electron chi connectivity index (χ0n) is 15.5. The first-order chi connectivity index (χ1) is 13.6. The van der Waals surface area contributed by atoms with Crippen LogP contribution in [-0.2, 0) is 0 Å². The summed E-state index contributed by atoms with van der Waals surface area (Å²) in [6.45, 7) is 4.09. The summed E-state index contributed by atoms with van der Waals surface area (Å²) in [6.07, 6.45) is 1.67. The van der Waals surface area contributed by atoms with Crippen LogP contribution in [0.2, 0.25) is 0 Å². The van der Waals surface area contributed by atoms with E-state index in [0.29, 0.717) is 28.7 Å². The van der Waals surface area contributed by atoms with Crippen LogP contribution in [0.3, 0.4) is 0 Å². The molecule has 2 N–H and O–H groups in total. The number of nitrogens with one attached hydrogen (secondary N) is 2. The van der Waals surface area contributed by atoms with Crippen molar-refractivity contribution in [2.24, 2.45) is 0 Å². The Morgan fingerprint density at radius 1 is 1.07 bits per heavy atom. The lowest BCUT2D eigenvalue weighted by Gasteiger charge is -2.10. The van der Waals surface area contributed by atoms with Gasteiger partial charge in [0.25, 0.3) is 5.91 Å². The van der Waals surface area contributed by atoms with Gasteiger partial charge < -0.3 is 9.88 Å². The minimum Gasteiger partial charge on any atom is -0.310 e. The number of amides is 1. The molecule has 0 bridgehead atoms. The van der Waals surface area contributed by atoms with Crippen molar-refractivity contribution in [3.8, 4) is 22.8 Å². The first-order valence-corrected chi connectivity index (χ1v) is 8.91. The largest absolute Gasteiger partial charge is 0.310 e. The van der Waals surface area contributed by atoms with E-state index in [1.807, 2.05) is 60.9 Å². The molecule has 1 aromatic carbocycles. The smallest absolute Gasteiger partial charge is 0.274 e. The third kappa shape index (κ3) is 3.52. The highest BCUT2D eigenvalue weighted by atomic mass is 16.2. The van der Waals surface area contributed by atoms with Gasteiger partial charge in [0.2, 0.25) is 0 Å². The Morgan fingerprint density at radius 3 is 2.68 bits per heavy atom. The molecule has 28 heavy (non-hydrogen) atoms. The van der Waals surface area contributed by atoms with Crippen molar-refractivity contribution in [3.63, 3.8) is 0 Å². The summed E-state index contributed by atoms with van der Waals surface area (Å²) in [7, 11) is 0. The van der Waals surface area contributed by atoms with Crippen molar-refractivity contribution in [1.29, 1.82) is 0 Å². The van der Waals surface area contributed by atoms with Gasteiger partial charge in [-0.25, -0.2) is 4.98 Å². The number of anilines is 1. The second-order valence-corrected chi connectivity index (χ2v) is 6.55. The highest BCUT2D eigenvalue weighted by Crippen LogP contribution is 2.21. The minimum atomic E-state index is -0.315. The number of carbonyl (C=O) groups excluding carboxylic acids is 1. The van der Waals surface area contributed by atoms with E-state index in [1.54, 1.807) is 18.5 Å². The Hall–Kier alpha value is -3.81. The van der Waals surface area contributed by atoms with Gasteiger partial charge in [-0.3, -0.25) is 9.89 Å². The first kappa shape index (κ1) is 17.6. The van der Waals surface area contributed by atoms with E-state index in [0.717, 1.165) is 5.56 Å². The second-order valence-electron chi connectivity index (χ2n) is 6.55. The van der Waals surface area contributed by atoms with Gasteiger partial charge in [0, 0.05) is 11.6 Å². The molecule has 0 unspecified atom stereocenters. The van der Waals surface area contributed by atoms with Crippen LogP contribution in [0.15, 0.2) is 60.9 Å². The fraction of sp³-hybridized carbons (Fsp3) is 0.150. The summed E-state index contributed by atoms with van der Waals surface area (Å²) < 4.78 is 1.93. The summed E-state index contributed by atoms with van der Waals surface area (Å²) in [5.41, 5.74) is 2.64. The molecule has 4 aromatic rings. The molecule has 0 aliphatic heterocycles. The lowest BCUT2D eigenvalue weighted by molar-refractivity contribution is 0.102. The fourth-order valence-electron chi connectivity index (χ4n) is 2.81. The lowest BCUT2D eigenvalue weighted by Crippen LogP contribution is -2.14. The number of hydrogen-bond acceptors (Lipinski definition) is 5. The molecule has 0 saturated carbocycles. The van der Waals surface area contributed by atoms with Gasteiger partial charge in [0.15, 0.2) is 5.82 Å². The third-order valence-corrected chi connectivity index (χ3v) is 4.24. The average molecular weight is 373 g/mol. The Morgan fingerprint density at radius 2 is 1.89 bits per heavy atom. The normalized spacial score (nSPS) is 11.0. The van der Waals surface area contributed by atoms with E-state index in [2.05, 4.69) is 30.7 Å². The number of rotatable bonds is 5. The van der Waals surface area contributed by atoms with Gasteiger partial charge >= 0.3 is 0 Å². The molecule has 3 heterocycles. The van der Waals surface area contributed by atoms with E-state index < -0.39 is 0 Å². The fourth-order valence-corrected chi connectivity index (χ4v) is 2.81. The van der Waals surface area contributed by atoms with Crippen LogP contribution in [0, 0.1) is 0 Å². The van der Waals surface area contributed by atoms with Crippen LogP contribution in [0.1, 0.15) is 30.4 Å². The topological polar surface area (TPSA) is 101 Å². The molecule has 140 valence electrons. The molecule has 0 radical (unpaired) electrons. The Bertz CT molecular complexity index is 1100. The Kier molecular flexibility index (Phi) is 4.67. The molecule has 3 aromatic heterocycles. The van der Waals surface area contributed by atoms with E-state index in [4.69, 9.17) is 0 Å². The maximum Gasteiger partial charge on any atom is 0.274 e. The van der Waals surface area contributed by atoms with Gasteiger partial charge in [-0.15, -0.1) is 10.2 Å². The predicted octanol–water partition coefficient (Wildman–Crippen LogP) is 3.56. The Balaban J connectivity index is 1.54. The molecule has 0 fully saturated rings. The van der Waals surface area contributed by atoms with Crippen LogP contribution in [0.4, 0.5) is 5.82 Å². The number of carbonyl (C=O) groups is 1. The van der Waals surface area contributed by atoms with Crippen LogP contribution < -0.4 is 5.32 Å². The molecular formula is C20H19N7O. The maximum atomic E-state index is 12.6. The monoisotopic (exact) mass is 373 g/mol. The number of pyridine rings is 1. The van der Waals surface area contributed by atoms with Crippen molar-refractivity contribution >= 4 is 11.7 Å². The van der Waals surface area contributed by atoms with E-state index in [-0.39, 0.29) is 11.9 Å². The molecule has 0 atom stereocenters. The van der Waals surface area contributed by atoms with Gasteiger partial charge in [0.1, 0.15) is 23.5 Å². The molecule has 0 aliphatic rings. The summed E-state index contributed by atoms with van der Waals surface area (Å²) >= 11 is 0. The number of benzene rings is 1. The lowest BCUT2D eigenvalue weighted by atomic mass is 10.1. The van der Waals surface area contributed by atoms with Crippen molar-refractivity contribution < 1.29 is 4.79 Å². The van der Waals surface area contributed by atoms with Crippen molar-refractivity contribution in [2.75, 3.05) is 5.32 Å². The highest BCUT2D eigenvalue weighted by molar-refractivity contribution is 6.03. The SMILES string of the molecule is CC(C)n1cnnc1-c1cccc(NC(=O)c2cc(-c3ccccc3)n[nH]2)n1. The van der Waals surface area contributed by atoms with Gasteiger partial charge in [0.05, 0.1) is 5.69 Å². The molecule has 8 nitrogen and oxygen atoms in total. The van der Waals surface area contributed by atoms with E-state index >= 15 is 0 Å². The van der Waals surface area contributed by atoms with E-state index in [9.17, 15) is 4.79 Å². The van der Waals surface area contributed by atoms with Gasteiger partial charge in [-0.05, 0) is 32.0 Å².